The Kier molecular flexibility index (Phi) is 4.72. The van der Waals surface area contributed by atoms with Gasteiger partial charge in [0.15, 0.2) is 11.0 Å². The van der Waals surface area contributed by atoms with Crippen molar-refractivity contribution in [3.8, 4) is 0 Å². The number of rotatable bonds is 7. The highest BCUT2D eigenvalue weighted by molar-refractivity contribution is 7.98. The van der Waals surface area contributed by atoms with Crippen LogP contribution in [-0.4, -0.2) is 49.1 Å². The van der Waals surface area contributed by atoms with Crippen LogP contribution in [0.4, 0.5) is 0 Å². The van der Waals surface area contributed by atoms with Gasteiger partial charge in [-0.15, -0.1) is 9.19 Å². The van der Waals surface area contributed by atoms with Crippen molar-refractivity contribution in [3.05, 3.63) is 40.8 Å². The van der Waals surface area contributed by atoms with E-state index in [0.717, 1.165) is 22.3 Å². The molecule has 3 aromatic rings. The number of pyridine rings is 1. The Bertz CT molecular complexity index is 1150. The van der Waals surface area contributed by atoms with E-state index in [4.69, 9.17) is 0 Å². The molecule has 0 radical (unpaired) electrons. The van der Waals surface area contributed by atoms with Gasteiger partial charge >= 0.3 is 0 Å². The third-order valence-corrected chi connectivity index (χ3v) is 6.50. The van der Waals surface area contributed by atoms with Crippen LogP contribution in [0.3, 0.4) is 0 Å². The third kappa shape index (κ3) is 3.74. The standard InChI is InChI=1S/C16H18N6O3S2/c1-26-16-17-9-12-5-6-13(23)21(15(12)19-16)7-2-8-27(24,25)22-10-18-14(20-22)11-3-4-11/h5-6,9-11H,2-4,7-8H2,1H3. The summed E-state index contributed by atoms with van der Waals surface area (Å²) in [5.74, 6) is 0.746. The molecule has 0 N–H and O–H groups in total. The molecule has 0 aliphatic heterocycles. The molecule has 0 atom stereocenters. The molecule has 0 amide bonds. The number of hydrogen-bond donors (Lipinski definition) is 0. The number of aromatic nitrogens is 6. The highest BCUT2D eigenvalue weighted by Crippen LogP contribution is 2.37. The van der Waals surface area contributed by atoms with Gasteiger partial charge in [0.2, 0.25) is 0 Å². The van der Waals surface area contributed by atoms with Gasteiger partial charge in [-0.05, 0) is 31.6 Å². The lowest BCUT2D eigenvalue weighted by atomic mass is 10.3. The first-order valence-corrected chi connectivity index (χ1v) is 11.4. The molecule has 9 nitrogen and oxygen atoms in total. The van der Waals surface area contributed by atoms with E-state index in [1.54, 1.807) is 12.3 Å². The SMILES string of the molecule is CSc1ncc2ccc(=O)n(CCCS(=O)(=O)n3cnc(C4CC4)n3)c2n1. The Morgan fingerprint density at radius 1 is 1.26 bits per heavy atom. The molecule has 1 aliphatic carbocycles. The minimum Gasteiger partial charge on any atom is -0.293 e. The zero-order valence-corrected chi connectivity index (χ0v) is 16.3. The summed E-state index contributed by atoms with van der Waals surface area (Å²) in [6.07, 6.45) is 7.05. The summed E-state index contributed by atoms with van der Waals surface area (Å²) in [5.41, 5.74) is 0.290. The average molecular weight is 406 g/mol. The number of thioether (sulfide) groups is 1. The summed E-state index contributed by atoms with van der Waals surface area (Å²) in [7, 11) is -3.60. The monoisotopic (exact) mass is 406 g/mol. The molecular formula is C16H18N6O3S2. The van der Waals surface area contributed by atoms with E-state index < -0.39 is 10.0 Å². The minimum absolute atomic E-state index is 0.135. The van der Waals surface area contributed by atoms with Gasteiger partial charge in [0.05, 0.1) is 5.75 Å². The minimum atomic E-state index is -3.60. The van der Waals surface area contributed by atoms with Gasteiger partial charge in [-0.3, -0.25) is 9.36 Å². The number of fused-ring (bicyclic) bond motifs is 1. The molecule has 3 heterocycles. The first-order chi connectivity index (χ1) is 13.0. The number of nitrogens with zero attached hydrogens (tertiary/aromatic N) is 6. The quantitative estimate of drug-likeness (QED) is 0.426. The molecule has 0 aromatic carbocycles. The van der Waals surface area contributed by atoms with Gasteiger partial charge in [0.1, 0.15) is 12.0 Å². The van der Waals surface area contributed by atoms with Crippen molar-refractivity contribution in [2.75, 3.05) is 12.0 Å². The molecule has 27 heavy (non-hydrogen) atoms. The fraction of sp³-hybridized carbons (Fsp3) is 0.438. The van der Waals surface area contributed by atoms with E-state index in [0.29, 0.717) is 22.5 Å². The maximum atomic E-state index is 12.5. The van der Waals surface area contributed by atoms with Crippen molar-refractivity contribution in [3.63, 3.8) is 0 Å². The van der Waals surface area contributed by atoms with Crippen LogP contribution < -0.4 is 5.56 Å². The largest absolute Gasteiger partial charge is 0.293 e. The van der Waals surface area contributed by atoms with Crippen molar-refractivity contribution >= 4 is 32.8 Å². The third-order valence-electron chi connectivity index (χ3n) is 4.38. The summed E-state index contributed by atoms with van der Waals surface area (Å²) >= 11 is 1.38. The molecule has 11 heteroatoms. The molecule has 4 rings (SSSR count). The van der Waals surface area contributed by atoms with E-state index >= 15 is 0 Å². The lowest BCUT2D eigenvalue weighted by Gasteiger charge is -2.10. The van der Waals surface area contributed by atoms with Gasteiger partial charge in [-0.25, -0.2) is 23.4 Å². The highest BCUT2D eigenvalue weighted by atomic mass is 32.2. The second-order valence-corrected chi connectivity index (χ2v) is 9.10. The fourth-order valence-corrected chi connectivity index (χ4v) is 4.21. The maximum absolute atomic E-state index is 12.5. The second kappa shape index (κ2) is 7.04. The summed E-state index contributed by atoms with van der Waals surface area (Å²) in [4.78, 5) is 24.9. The molecule has 0 unspecified atom stereocenters. The summed E-state index contributed by atoms with van der Waals surface area (Å²) in [6.45, 7) is 0.240. The van der Waals surface area contributed by atoms with E-state index in [-0.39, 0.29) is 24.3 Å². The van der Waals surface area contributed by atoms with E-state index in [9.17, 15) is 13.2 Å². The molecule has 0 spiro atoms. The van der Waals surface area contributed by atoms with Crippen LogP contribution in [0.2, 0.25) is 0 Å². The van der Waals surface area contributed by atoms with Crippen LogP contribution in [0.15, 0.2) is 34.6 Å². The molecule has 3 aromatic heterocycles. The molecule has 0 bridgehead atoms. The van der Waals surface area contributed by atoms with E-state index in [2.05, 4.69) is 20.1 Å². The molecule has 1 saturated carbocycles. The van der Waals surface area contributed by atoms with Gasteiger partial charge in [0.25, 0.3) is 15.6 Å². The van der Waals surface area contributed by atoms with Crippen molar-refractivity contribution in [1.82, 2.24) is 28.7 Å². The summed E-state index contributed by atoms with van der Waals surface area (Å²) in [6, 6.07) is 3.11. The van der Waals surface area contributed by atoms with Crippen molar-refractivity contribution in [2.24, 2.45) is 0 Å². The maximum Gasteiger partial charge on any atom is 0.255 e. The summed E-state index contributed by atoms with van der Waals surface area (Å²) in [5, 5.41) is 5.38. The topological polar surface area (TPSA) is 113 Å². The Balaban J connectivity index is 1.52. The van der Waals surface area contributed by atoms with Crippen LogP contribution in [0, 0.1) is 0 Å². The number of hydrogen-bond acceptors (Lipinski definition) is 8. The zero-order valence-electron chi connectivity index (χ0n) is 14.6. The first kappa shape index (κ1) is 18.1. The van der Waals surface area contributed by atoms with Crippen molar-refractivity contribution < 1.29 is 8.42 Å². The van der Waals surface area contributed by atoms with Crippen LogP contribution in [0.25, 0.3) is 11.0 Å². The van der Waals surface area contributed by atoms with Crippen LogP contribution in [0.5, 0.6) is 0 Å². The molecule has 1 aliphatic rings. The Morgan fingerprint density at radius 3 is 2.81 bits per heavy atom. The van der Waals surface area contributed by atoms with E-state index in [1.165, 1.54) is 28.7 Å². The smallest absolute Gasteiger partial charge is 0.255 e. The normalized spacial score (nSPS) is 14.7. The Labute approximate surface area is 159 Å². The molecule has 0 saturated heterocycles. The Hall–Kier alpha value is -2.27. The predicted molar refractivity (Wildman–Crippen MR) is 101 cm³/mol. The highest BCUT2D eigenvalue weighted by Gasteiger charge is 2.29. The van der Waals surface area contributed by atoms with Crippen LogP contribution >= 0.6 is 11.8 Å². The van der Waals surface area contributed by atoms with Gasteiger partial charge in [-0.1, -0.05) is 11.8 Å². The average Bonchev–Trinajstić information content (AvgIpc) is 3.39. The van der Waals surface area contributed by atoms with Crippen LogP contribution in [-0.2, 0) is 16.6 Å². The lowest BCUT2D eigenvalue weighted by molar-refractivity contribution is 0.569. The Morgan fingerprint density at radius 2 is 2.07 bits per heavy atom. The fourth-order valence-electron chi connectivity index (χ4n) is 2.79. The molecule has 142 valence electrons. The van der Waals surface area contributed by atoms with Gasteiger partial charge < -0.3 is 0 Å². The summed E-state index contributed by atoms with van der Waals surface area (Å²) < 4.78 is 27.4. The van der Waals surface area contributed by atoms with Gasteiger partial charge in [0, 0.05) is 30.1 Å². The van der Waals surface area contributed by atoms with Crippen molar-refractivity contribution in [1.29, 1.82) is 0 Å². The van der Waals surface area contributed by atoms with E-state index in [1.807, 2.05) is 6.26 Å². The second-order valence-electron chi connectivity index (χ2n) is 6.38. The molecular weight excluding hydrogens is 388 g/mol. The molecule has 1 fully saturated rings. The first-order valence-electron chi connectivity index (χ1n) is 8.53. The van der Waals surface area contributed by atoms with Crippen LogP contribution in [0.1, 0.15) is 31.0 Å². The lowest BCUT2D eigenvalue weighted by Crippen LogP contribution is -2.23. The zero-order chi connectivity index (χ0) is 19.0. The predicted octanol–water partition coefficient (Wildman–Crippen LogP) is 1.25. The number of aryl methyl sites for hydroxylation is 1. The van der Waals surface area contributed by atoms with Crippen molar-refractivity contribution in [2.45, 2.75) is 36.9 Å². The van der Waals surface area contributed by atoms with Gasteiger partial charge in [-0.2, -0.15) is 0 Å².